The second-order valence-corrected chi connectivity index (χ2v) is 6.31. The summed E-state index contributed by atoms with van der Waals surface area (Å²) in [5, 5.41) is 4.99. The highest BCUT2D eigenvalue weighted by Crippen LogP contribution is 2.34. The van der Waals surface area contributed by atoms with Crippen molar-refractivity contribution in [1.82, 2.24) is 10.1 Å². The summed E-state index contributed by atoms with van der Waals surface area (Å²) < 4.78 is 20.1. The van der Waals surface area contributed by atoms with Crippen LogP contribution in [0.4, 0.5) is 4.39 Å². The number of aryl methyl sites for hydroxylation is 1. The minimum absolute atomic E-state index is 0. The normalized spacial score (nSPS) is 12.0. The second-order valence-electron chi connectivity index (χ2n) is 6.31. The Balaban J connectivity index is 0.00000210. The highest BCUT2D eigenvalue weighted by Gasteiger charge is 2.21. The summed E-state index contributed by atoms with van der Waals surface area (Å²) in [6, 6.07) is 17.6. The van der Waals surface area contributed by atoms with Crippen molar-refractivity contribution in [2.45, 2.75) is 19.4 Å². The van der Waals surface area contributed by atoms with Gasteiger partial charge in [-0.1, -0.05) is 35.5 Å². The fourth-order valence-electron chi connectivity index (χ4n) is 3.24. The molecule has 2 N–H and O–H groups in total. The fraction of sp³-hybridized carbons (Fsp3) is 0.143. The molecule has 0 saturated heterocycles. The third kappa shape index (κ3) is 3.70. The van der Waals surface area contributed by atoms with E-state index in [9.17, 15) is 4.39 Å². The first-order valence-corrected chi connectivity index (χ1v) is 8.45. The molecule has 0 aliphatic heterocycles. The number of nitrogens with zero attached hydrogens (tertiary/aromatic N) is 2. The highest BCUT2D eigenvalue weighted by atomic mass is 35.5. The fourth-order valence-corrected chi connectivity index (χ4v) is 3.24. The van der Waals surface area contributed by atoms with Gasteiger partial charge in [-0.15, -0.1) is 12.4 Å². The monoisotopic (exact) mass is 383 g/mol. The zero-order chi connectivity index (χ0) is 18.1. The maximum Gasteiger partial charge on any atom is 0.167 e. The van der Waals surface area contributed by atoms with Gasteiger partial charge in [0.2, 0.25) is 0 Å². The standard InChI is InChI=1S/C21H18FN3O.ClH/c1-13-6-4-7-14(24-13)12-18(23)20-16(9-5-10-17(20)22)21-15-8-2-3-11-19(15)26-25-21;/h2-11,18H,12,23H2,1H3;1H/t18-;/m0./s1. The Morgan fingerprint density at radius 1 is 1.04 bits per heavy atom. The van der Waals surface area contributed by atoms with Crippen LogP contribution in [0, 0.1) is 12.7 Å². The van der Waals surface area contributed by atoms with Crippen LogP contribution in [0.2, 0.25) is 0 Å². The third-order valence-electron chi connectivity index (χ3n) is 4.43. The van der Waals surface area contributed by atoms with Gasteiger partial charge in [-0.05, 0) is 37.3 Å². The van der Waals surface area contributed by atoms with Crippen LogP contribution in [0.5, 0.6) is 0 Å². The number of para-hydroxylation sites is 1. The quantitative estimate of drug-likeness (QED) is 0.538. The number of hydrogen-bond donors (Lipinski definition) is 1. The van der Waals surface area contributed by atoms with E-state index >= 15 is 0 Å². The van der Waals surface area contributed by atoms with E-state index < -0.39 is 6.04 Å². The van der Waals surface area contributed by atoms with E-state index in [2.05, 4.69) is 10.1 Å². The lowest BCUT2D eigenvalue weighted by atomic mass is 9.93. The van der Waals surface area contributed by atoms with Gasteiger partial charge in [0.1, 0.15) is 11.5 Å². The van der Waals surface area contributed by atoms with E-state index in [0.717, 1.165) is 16.8 Å². The summed E-state index contributed by atoms with van der Waals surface area (Å²) >= 11 is 0. The van der Waals surface area contributed by atoms with Gasteiger partial charge in [0.05, 0.1) is 0 Å². The average molecular weight is 384 g/mol. The van der Waals surface area contributed by atoms with Crippen LogP contribution in [-0.4, -0.2) is 10.1 Å². The average Bonchev–Trinajstić information content (AvgIpc) is 3.05. The van der Waals surface area contributed by atoms with Gasteiger partial charge >= 0.3 is 0 Å². The molecule has 2 heterocycles. The molecular formula is C21H19ClFN3O. The number of fused-ring (bicyclic) bond motifs is 1. The minimum Gasteiger partial charge on any atom is -0.356 e. The van der Waals surface area contributed by atoms with Crippen molar-refractivity contribution in [2.24, 2.45) is 5.73 Å². The van der Waals surface area contributed by atoms with E-state index in [-0.39, 0.29) is 18.2 Å². The molecule has 0 unspecified atom stereocenters. The Bertz CT molecular complexity index is 1080. The van der Waals surface area contributed by atoms with Crippen LogP contribution in [0.3, 0.4) is 0 Å². The SMILES string of the molecule is Cc1cccc(C[C@H](N)c2c(F)cccc2-c2noc3ccccc23)n1.Cl. The molecule has 0 radical (unpaired) electrons. The van der Waals surface area contributed by atoms with Crippen LogP contribution in [0.25, 0.3) is 22.2 Å². The highest BCUT2D eigenvalue weighted by molar-refractivity contribution is 5.92. The summed E-state index contributed by atoms with van der Waals surface area (Å²) in [7, 11) is 0. The Hall–Kier alpha value is -2.76. The van der Waals surface area contributed by atoms with E-state index in [1.165, 1.54) is 6.07 Å². The number of pyridine rings is 1. The van der Waals surface area contributed by atoms with Gasteiger partial charge in [-0.3, -0.25) is 4.98 Å². The lowest BCUT2D eigenvalue weighted by Gasteiger charge is -2.16. The first kappa shape index (κ1) is 19.0. The summed E-state index contributed by atoms with van der Waals surface area (Å²) in [6.07, 6.45) is 0.436. The van der Waals surface area contributed by atoms with Crippen LogP contribution in [-0.2, 0) is 6.42 Å². The Labute approximate surface area is 162 Å². The first-order valence-electron chi connectivity index (χ1n) is 8.45. The number of halogens is 2. The molecule has 0 fully saturated rings. The van der Waals surface area contributed by atoms with Crippen molar-refractivity contribution >= 4 is 23.4 Å². The number of hydrogen-bond acceptors (Lipinski definition) is 4. The van der Waals surface area contributed by atoms with Crippen LogP contribution in [0.15, 0.2) is 65.2 Å². The van der Waals surface area contributed by atoms with Gasteiger partial charge in [-0.2, -0.15) is 0 Å². The van der Waals surface area contributed by atoms with E-state index in [1.54, 1.807) is 6.07 Å². The van der Waals surface area contributed by atoms with Crippen molar-refractivity contribution in [3.63, 3.8) is 0 Å². The van der Waals surface area contributed by atoms with E-state index in [1.807, 2.05) is 55.5 Å². The van der Waals surface area contributed by atoms with Gasteiger partial charge in [0, 0.05) is 40.4 Å². The third-order valence-corrected chi connectivity index (χ3v) is 4.43. The molecule has 4 rings (SSSR count). The van der Waals surface area contributed by atoms with Gasteiger partial charge < -0.3 is 10.3 Å². The zero-order valence-corrected chi connectivity index (χ0v) is 15.5. The van der Waals surface area contributed by atoms with Gasteiger partial charge in [0.25, 0.3) is 0 Å². The van der Waals surface area contributed by atoms with Gasteiger partial charge in [-0.25, -0.2) is 4.39 Å². The lowest BCUT2D eigenvalue weighted by molar-refractivity contribution is 0.459. The Morgan fingerprint density at radius 2 is 1.81 bits per heavy atom. The topological polar surface area (TPSA) is 64.9 Å². The number of rotatable bonds is 4. The van der Waals surface area contributed by atoms with Crippen molar-refractivity contribution in [1.29, 1.82) is 0 Å². The predicted molar refractivity (Wildman–Crippen MR) is 106 cm³/mol. The van der Waals surface area contributed by atoms with Gasteiger partial charge in [0.15, 0.2) is 5.58 Å². The number of aromatic nitrogens is 2. The molecule has 0 aliphatic rings. The van der Waals surface area contributed by atoms with Crippen LogP contribution >= 0.6 is 12.4 Å². The molecule has 4 nitrogen and oxygen atoms in total. The number of benzene rings is 2. The maximum absolute atomic E-state index is 14.7. The predicted octanol–water partition coefficient (Wildman–Crippen LogP) is 5.00. The Morgan fingerprint density at radius 3 is 2.63 bits per heavy atom. The van der Waals surface area contributed by atoms with Crippen LogP contribution in [0.1, 0.15) is 23.0 Å². The largest absolute Gasteiger partial charge is 0.356 e. The Kier molecular flexibility index (Phi) is 5.54. The molecule has 138 valence electrons. The van der Waals surface area contributed by atoms with Crippen LogP contribution < -0.4 is 5.73 Å². The molecule has 0 spiro atoms. The van der Waals surface area contributed by atoms with Crippen molar-refractivity contribution < 1.29 is 8.91 Å². The summed E-state index contributed by atoms with van der Waals surface area (Å²) in [5.74, 6) is -0.352. The molecule has 1 atom stereocenters. The molecule has 27 heavy (non-hydrogen) atoms. The zero-order valence-electron chi connectivity index (χ0n) is 14.7. The summed E-state index contributed by atoms with van der Waals surface area (Å²) in [4.78, 5) is 4.47. The number of nitrogens with two attached hydrogens (primary N) is 1. The van der Waals surface area contributed by atoms with E-state index in [4.69, 9.17) is 10.3 Å². The first-order chi connectivity index (χ1) is 12.6. The molecule has 0 amide bonds. The summed E-state index contributed by atoms with van der Waals surface area (Å²) in [5.41, 5.74) is 10.5. The second kappa shape index (κ2) is 7.86. The molecule has 2 aromatic carbocycles. The minimum atomic E-state index is -0.545. The van der Waals surface area contributed by atoms with E-state index in [0.29, 0.717) is 28.8 Å². The molecule has 0 saturated carbocycles. The lowest BCUT2D eigenvalue weighted by Crippen LogP contribution is -2.17. The molecule has 2 aromatic heterocycles. The summed E-state index contributed by atoms with van der Waals surface area (Å²) in [6.45, 7) is 1.92. The molecular weight excluding hydrogens is 365 g/mol. The molecule has 0 aliphatic carbocycles. The molecule has 6 heteroatoms. The van der Waals surface area contributed by atoms with Crippen molar-refractivity contribution in [3.8, 4) is 11.3 Å². The maximum atomic E-state index is 14.7. The smallest absolute Gasteiger partial charge is 0.167 e. The molecule has 0 bridgehead atoms. The van der Waals surface area contributed by atoms with Crippen molar-refractivity contribution in [3.05, 3.63) is 83.4 Å². The molecule has 4 aromatic rings. The van der Waals surface area contributed by atoms with Crippen molar-refractivity contribution in [2.75, 3.05) is 0 Å².